The van der Waals surface area contributed by atoms with Gasteiger partial charge in [0, 0.05) is 18.6 Å². The molecule has 11 heteroatoms. The third-order valence-corrected chi connectivity index (χ3v) is 8.05. The van der Waals surface area contributed by atoms with Crippen molar-refractivity contribution in [2.45, 2.75) is 18.8 Å². The van der Waals surface area contributed by atoms with Crippen molar-refractivity contribution >= 4 is 69.5 Å². The fourth-order valence-electron chi connectivity index (χ4n) is 1.57. The van der Waals surface area contributed by atoms with Crippen LogP contribution in [0.15, 0.2) is 29.2 Å². The molecule has 0 aliphatic rings. The van der Waals surface area contributed by atoms with Crippen molar-refractivity contribution < 1.29 is 28.2 Å². The molecule has 0 radical (unpaired) electrons. The number of carboxylic acids is 1. The zero-order valence-corrected chi connectivity index (χ0v) is 16.9. The predicted octanol–water partition coefficient (Wildman–Crippen LogP) is 1.82. The quantitative estimate of drug-likeness (QED) is 0.476. The molecule has 7 nitrogen and oxygen atoms in total. The van der Waals surface area contributed by atoms with Crippen molar-refractivity contribution in [3.05, 3.63) is 29.8 Å². The first kappa shape index (κ1) is 20.6. The minimum atomic E-state index is -3.87. The van der Waals surface area contributed by atoms with Crippen LogP contribution >= 0.6 is 47.8 Å². The van der Waals surface area contributed by atoms with Crippen LogP contribution in [0.2, 0.25) is 0 Å². The Balaban J connectivity index is 3.10. The summed E-state index contributed by atoms with van der Waals surface area (Å²) in [5.74, 6) is -2.05. The molecule has 1 aromatic carbocycles. The molecule has 0 saturated heterocycles. The zero-order chi connectivity index (χ0) is 17.8. The van der Waals surface area contributed by atoms with Crippen LogP contribution < -0.4 is 5.32 Å². The van der Waals surface area contributed by atoms with Gasteiger partial charge in [-0.2, -0.15) is 0 Å². The van der Waals surface area contributed by atoms with Crippen molar-refractivity contribution in [3.8, 4) is 0 Å². The van der Waals surface area contributed by atoms with Crippen LogP contribution in [0.3, 0.4) is 0 Å². The minimum Gasteiger partial charge on any atom is -0.480 e. The van der Waals surface area contributed by atoms with E-state index in [0.717, 1.165) is 6.07 Å². The van der Waals surface area contributed by atoms with E-state index in [0.29, 0.717) is 0 Å². The van der Waals surface area contributed by atoms with Gasteiger partial charge in [-0.05, 0) is 66.0 Å². The molecule has 0 fully saturated rings. The van der Waals surface area contributed by atoms with Crippen LogP contribution in [0.25, 0.3) is 0 Å². The Hall–Kier alpha value is -0.490. The standard InChI is InChI=1S/C12H12Br3NO6S/c13-12(14,15)23(21,22)8-3-1-2-7(6-8)10(18)16-9(4-5-17)11(19)20/h1-3,6,9,17H,4-5H2,(H,16,18)(H,19,20). The highest BCUT2D eigenvalue weighted by Gasteiger charge is 2.37. The van der Waals surface area contributed by atoms with Crippen molar-refractivity contribution in [3.63, 3.8) is 0 Å². The second kappa shape index (κ2) is 8.06. The normalized spacial score (nSPS) is 13.4. The number of halogens is 3. The number of rotatable bonds is 6. The maximum absolute atomic E-state index is 12.3. The molecule has 0 saturated carbocycles. The van der Waals surface area contributed by atoms with Gasteiger partial charge in [-0.15, -0.1) is 0 Å². The van der Waals surface area contributed by atoms with Crippen molar-refractivity contribution in [2.75, 3.05) is 6.61 Å². The second-order valence-electron chi connectivity index (χ2n) is 4.35. The summed E-state index contributed by atoms with van der Waals surface area (Å²) in [6, 6.07) is 3.87. The number of carbonyl (C=O) groups excluding carboxylic acids is 1. The van der Waals surface area contributed by atoms with E-state index in [1.54, 1.807) is 0 Å². The number of aliphatic hydroxyl groups is 1. The Morgan fingerprint density at radius 3 is 2.35 bits per heavy atom. The number of carbonyl (C=O) groups is 2. The molecule has 1 amide bonds. The van der Waals surface area contributed by atoms with Gasteiger partial charge in [0.05, 0.1) is 4.90 Å². The summed E-state index contributed by atoms with van der Waals surface area (Å²) < 4.78 is 22.9. The summed E-state index contributed by atoms with van der Waals surface area (Å²) in [7, 11) is -3.87. The van der Waals surface area contributed by atoms with E-state index in [1.165, 1.54) is 18.2 Å². The summed E-state index contributed by atoms with van der Waals surface area (Å²) in [6.45, 7) is -0.412. The molecule has 128 valence electrons. The summed E-state index contributed by atoms with van der Waals surface area (Å²) in [5.41, 5.74) is -0.0213. The van der Waals surface area contributed by atoms with Gasteiger partial charge in [0.25, 0.3) is 5.91 Å². The third-order valence-electron chi connectivity index (χ3n) is 2.73. The summed E-state index contributed by atoms with van der Waals surface area (Å²) in [4.78, 5) is 22.9. The Morgan fingerprint density at radius 2 is 1.87 bits per heavy atom. The van der Waals surface area contributed by atoms with Crippen LogP contribution in [-0.2, 0) is 14.6 Å². The van der Waals surface area contributed by atoms with Crippen LogP contribution in [0.1, 0.15) is 16.8 Å². The summed E-state index contributed by atoms with van der Waals surface area (Å²) in [6.07, 6.45) is -0.160. The Morgan fingerprint density at radius 1 is 1.26 bits per heavy atom. The maximum Gasteiger partial charge on any atom is 0.326 e. The number of aliphatic carboxylic acids is 1. The molecule has 1 atom stereocenters. The van der Waals surface area contributed by atoms with Gasteiger partial charge in [0.2, 0.25) is 11.3 Å². The van der Waals surface area contributed by atoms with Crippen LogP contribution in [0, 0.1) is 0 Å². The molecule has 1 rings (SSSR count). The van der Waals surface area contributed by atoms with Crippen LogP contribution in [-0.4, -0.2) is 44.6 Å². The lowest BCUT2D eigenvalue weighted by atomic mass is 10.1. The zero-order valence-electron chi connectivity index (χ0n) is 11.4. The van der Waals surface area contributed by atoms with E-state index in [9.17, 15) is 18.0 Å². The van der Waals surface area contributed by atoms with E-state index >= 15 is 0 Å². The first-order valence-electron chi connectivity index (χ1n) is 6.06. The summed E-state index contributed by atoms with van der Waals surface area (Å²) >= 11 is 8.75. The Kier molecular flexibility index (Phi) is 7.20. The van der Waals surface area contributed by atoms with E-state index in [-0.39, 0.29) is 16.9 Å². The molecule has 0 heterocycles. The fraction of sp³-hybridized carbons (Fsp3) is 0.333. The third kappa shape index (κ3) is 5.24. The number of carboxylic acid groups (broad SMARTS) is 1. The van der Waals surface area contributed by atoms with Gasteiger partial charge >= 0.3 is 5.97 Å². The average Bonchev–Trinajstić information content (AvgIpc) is 2.45. The van der Waals surface area contributed by atoms with Gasteiger partial charge in [-0.3, -0.25) is 4.79 Å². The van der Waals surface area contributed by atoms with Crippen molar-refractivity contribution in [1.82, 2.24) is 5.32 Å². The molecule has 1 unspecified atom stereocenters. The predicted molar refractivity (Wildman–Crippen MR) is 93.7 cm³/mol. The monoisotopic (exact) mass is 535 g/mol. The van der Waals surface area contributed by atoms with Crippen LogP contribution in [0.4, 0.5) is 0 Å². The largest absolute Gasteiger partial charge is 0.480 e. The van der Waals surface area contributed by atoms with Crippen molar-refractivity contribution in [1.29, 1.82) is 0 Å². The van der Waals surface area contributed by atoms with Gasteiger partial charge in [0.1, 0.15) is 6.04 Å². The molecular formula is C12H12Br3NO6S. The van der Waals surface area contributed by atoms with Crippen molar-refractivity contribution in [2.24, 2.45) is 0 Å². The molecule has 3 N–H and O–H groups in total. The van der Waals surface area contributed by atoms with Gasteiger partial charge < -0.3 is 15.5 Å². The number of benzene rings is 1. The smallest absolute Gasteiger partial charge is 0.326 e. The highest BCUT2D eigenvalue weighted by Crippen LogP contribution is 2.43. The number of sulfone groups is 1. The molecule has 0 aliphatic carbocycles. The lowest BCUT2D eigenvalue weighted by Gasteiger charge is -2.16. The number of amides is 1. The molecule has 0 aliphatic heterocycles. The lowest BCUT2D eigenvalue weighted by Crippen LogP contribution is -2.41. The average molecular weight is 538 g/mol. The first-order valence-corrected chi connectivity index (χ1v) is 9.93. The molecular weight excluding hydrogens is 526 g/mol. The van der Waals surface area contributed by atoms with Gasteiger partial charge in [-0.25, -0.2) is 13.2 Å². The minimum absolute atomic E-state index is 0.0213. The Labute approximate surface area is 157 Å². The van der Waals surface area contributed by atoms with Crippen LogP contribution in [0.5, 0.6) is 0 Å². The lowest BCUT2D eigenvalue weighted by molar-refractivity contribution is -0.139. The number of alkyl halides is 3. The molecule has 23 heavy (non-hydrogen) atoms. The first-order chi connectivity index (χ1) is 10.5. The molecule has 1 aromatic rings. The number of hydrogen-bond acceptors (Lipinski definition) is 5. The topological polar surface area (TPSA) is 121 Å². The number of nitrogens with one attached hydrogen (secondary N) is 1. The fourth-order valence-corrected chi connectivity index (χ4v) is 4.06. The molecule has 0 bridgehead atoms. The number of aliphatic hydroxyl groups excluding tert-OH is 1. The van der Waals surface area contributed by atoms with E-state index < -0.39 is 35.8 Å². The van der Waals surface area contributed by atoms with E-state index in [4.69, 9.17) is 10.2 Å². The van der Waals surface area contributed by atoms with E-state index in [1.807, 2.05) is 0 Å². The Bertz CT molecular complexity index is 701. The molecule has 0 aromatic heterocycles. The summed E-state index contributed by atoms with van der Waals surface area (Å²) in [5, 5.41) is 20.0. The van der Waals surface area contributed by atoms with Gasteiger partial charge in [0.15, 0.2) is 0 Å². The van der Waals surface area contributed by atoms with E-state index in [2.05, 4.69) is 53.1 Å². The maximum atomic E-state index is 12.3. The highest BCUT2D eigenvalue weighted by atomic mass is 80.0. The van der Waals surface area contributed by atoms with Gasteiger partial charge in [-0.1, -0.05) is 6.07 Å². The second-order valence-corrected chi connectivity index (χ2v) is 14.8. The SMILES string of the molecule is O=C(NC(CCO)C(=O)O)c1cccc(S(=O)(=O)C(Br)(Br)Br)c1. The highest BCUT2D eigenvalue weighted by molar-refractivity contribution is 9.42. The molecule has 0 spiro atoms. The number of hydrogen-bond donors (Lipinski definition) is 3.